The zero-order chi connectivity index (χ0) is 13.2. The number of nitrogens with one attached hydrogen (secondary N) is 1. The summed E-state index contributed by atoms with van der Waals surface area (Å²) in [5.74, 6) is 0.283. The van der Waals surface area contributed by atoms with Crippen molar-refractivity contribution in [1.82, 2.24) is 10.2 Å². The lowest BCUT2D eigenvalue weighted by molar-refractivity contribution is -0.129. The van der Waals surface area contributed by atoms with Crippen LogP contribution >= 0.6 is 0 Å². The van der Waals surface area contributed by atoms with E-state index >= 15 is 0 Å². The van der Waals surface area contributed by atoms with Crippen molar-refractivity contribution in [3.63, 3.8) is 0 Å². The van der Waals surface area contributed by atoms with Gasteiger partial charge in [0.05, 0.1) is 6.54 Å². The van der Waals surface area contributed by atoms with Crippen molar-refractivity contribution >= 4 is 5.91 Å². The molecular formula is C15H30N2O. The van der Waals surface area contributed by atoms with Crippen LogP contribution in [0.2, 0.25) is 0 Å². The molecule has 1 rings (SSSR count). The van der Waals surface area contributed by atoms with Gasteiger partial charge in [-0.25, -0.2) is 0 Å². The summed E-state index contributed by atoms with van der Waals surface area (Å²) in [6, 6.07) is 0.471. The molecule has 1 fully saturated rings. The Morgan fingerprint density at radius 2 is 1.83 bits per heavy atom. The van der Waals surface area contributed by atoms with E-state index in [1.807, 2.05) is 4.90 Å². The predicted octanol–water partition coefficient (Wildman–Crippen LogP) is 2.95. The zero-order valence-corrected chi connectivity index (χ0v) is 12.2. The van der Waals surface area contributed by atoms with Gasteiger partial charge in [-0.2, -0.15) is 0 Å². The maximum atomic E-state index is 11.8. The molecule has 1 N–H and O–H groups in total. The summed E-state index contributed by atoms with van der Waals surface area (Å²) in [7, 11) is 0. The fourth-order valence-electron chi connectivity index (χ4n) is 2.50. The smallest absolute Gasteiger partial charge is 0.236 e. The van der Waals surface area contributed by atoms with E-state index in [1.165, 1.54) is 51.4 Å². The Kier molecular flexibility index (Phi) is 8.06. The topological polar surface area (TPSA) is 32.3 Å². The molecule has 1 heterocycles. The highest BCUT2D eigenvalue weighted by molar-refractivity contribution is 5.78. The Bertz CT molecular complexity index is 225. The number of amides is 1. The summed E-state index contributed by atoms with van der Waals surface area (Å²) in [4.78, 5) is 13.8. The van der Waals surface area contributed by atoms with Crippen LogP contribution in [0.25, 0.3) is 0 Å². The Morgan fingerprint density at radius 1 is 1.17 bits per heavy atom. The van der Waals surface area contributed by atoms with Gasteiger partial charge in [0, 0.05) is 19.1 Å². The minimum Gasteiger partial charge on any atom is -0.342 e. The largest absolute Gasteiger partial charge is 0.342 e. The Balaban J connectivity index is 1.98. The maximum absolute atomic E-state index is 11.8. The number of carbonyl (C=O) groups excluding carboxylic acids is 1. The number of rotatable bonds is 9. The SMILES string of the molecule is CCCCCCCC(C)NCC(=O)N1CCCC1. The van der Waals surface area contributed by atoms with Gasteiger partial charge in [0.15, 0.2) is 0 Å². The van der Waals surface area contributed by atoms with Crippen LogP contribution in [-0.4, -0.2) is 36.5 Å². The molecular weight excluding hydrogens is 224 g/mol. The maximum Gasteiger partial charge on any atom is 0.236 e. The number of likely N-dealkylation sites (tertiary alicyclic amines) is 1. The number of nitrogens with zero attached hydrogens (tertiary/aromatic N) is 1. The van der Waals surface area contributed by atoms with Crippen LogP contribution in [0.15, 0.2) is 0 Å². The molecule has 0 spiro atoms. The second kappa shape index (κ2) is 9.37. The molecule has 106 valence electrons. The first-order valence-electron chi connectivity index (χ1n) is 7.75. The lowest BCUT2D eigenvalue weighted by atomic mass is 10.1. The van der Waals surface area contributed by atoms with E-state index in [0.717, 1.165) is 13.1 Å². The minimum absolute atomic E-state index is 0.283. The van der Waals surface area contributed by atoms with E-state index in [4.69, 9.17) is 0 Å². The third-order valence-electron chi connectivity index (χ3n) is 3.80. The molecule has 0 aromatic carbocycles. The lowest BCUT2D eigenvalue weighted by Crippen LogP contribution is -2.39. The molecule has 1 atom stereocenters. The van der Waals surface area contributed by atoms with Gasteiger partial charge in [0.2, 0.25) is 5.91 Å². The van der Waals surface area contributed by atoms with Crippen molar-refractivity contribution in [2.24, 2.45) is 0 Å². The molecule has 1 aliphatic rings. The van der Waals surface area contributed by atoms with E-state index in [2.05, 4.69) is 19.2 Å². The highest BCUT2D eigenvalue weighted by atomic mass is 16.2. The van der Waals surface area contributed by atoms with Crippen LogP contribution in [0.5, 0.6) is 0 Å². The first-order chi connectivity index (χ1) is 8.74. The Labute approximate surface area is 112 Å². The zero-order valence-electron chi connectivity index (χ0n) is 12.2. The second-order valence-corrected chi connectivity index (χ2v) is 5.57. The molecule has 0 aromatic rings. The van der Waals surface area contributed by atoms with Crippen molar-refractivity contribution < 1.29 is 4.79 Å². The second-order valence-electron chi connectivity index (χ2n) is 5.57. The van der Waals surface area contributed by atoms with Crippen molar-refractivity contribution in [1.29, 1.82) is 0 Å². The van der Waals surface area contributed by atoms with Crippen LogP contribution in [0.3, 0.4) is 0 Å². The molecule has 1 aliphatic heterocycles. The molecule has 0 radical (unpaired) electrons. The van der Waals surface area contributed by atoms with Crippen LogP contribution < -0.4 is 5.32 Å². The molecule has 18 heavy (non-hydrogen) atoms. The molecule has 0 bridgehead atoms. The van der Waals surface area contributed by atoms with Crippen LogP contribution in [-0.2, 0) is 4.79 Å². The standard InChI is InChI=1S/C15H30N2O/c1-3-4-5-6-7-10-14(2)16-13-15(18)17-11-8-9-12-17/h14,16H,3-13H2,1-2H3. The fraction of sp³-hybridized carbons (Fsp3) is 0.933. The van der Waals surface area contributed by atoms with E-state index in [0.29, 0.717) is 12.6 Å². The predicted molar refractivity (Wildman–Crippen MR) is 76.7 cm³/mol. The van der Waals surface area contributed by atoms with Crippen molar-refractivity contribution in [3.8, 4) is 0 Å². The van der Waals surface area contributed by atoms with Gasteiger partial charge < -0.3 is 10.2 Å². The van der Waals surface area contributed by atoms with Gasteiger partial charge in [0.1, 0.15) is 0 Å². The molecule has 1 unspecified atom stereocenters. The van der Waals surface area contributed by atoms with Gasteiger partial charge in [-0.3, -0.25) is 4.79 Å². The third-order valence-corrected chi connectivity index (χ3v) is 3.80. The van der Waals surface area contributed by atoms with Gasteiger partial charge in [-0.05, 0) is 26.2 Å². The number of hydrogen-bond donors (Lipinski definition) is 1. The summed E-state index contributed by atoms with van der Waals surface area (Å²) < 4.78 is 0. The Morgan fingerprint density at radius 3 is 2.50 bits per heavy atom. The summed E-state index contributed by atoms with van der Waals surface area (Å²) in [6.45, 7) is 6.89. The summed E-state index contributed by atoms with van der Waals surface area (Å²) >= 11 is 0. The van der Waals surface area contributed by atoms with E-state index in [1.54, 1.807) is 0 Å². The van der Waals surface area contributed by atoms with Crippen LogP contribution in [0, 0.1) is 0 Å². The van der Waals surface area contributed by atoms with E-state index < -0.39 is 0 Å². The third kappa shape index (κ3) is 6.39. The molecule has 3 heteroatoms. The lowest BCUT2D eigenvalue weighted by Gasteiger charge is -2.18. The van der Waals surface area contributed by atoms with Gasteiger partial charge in [-0.15, -0.1) is 0 Å². The minimum atomic E-state index is 0.283. The van der Waals surface area contributed by atoms with Crippen LogP contribution in [0.1, 0.15) is 65.2 Å². The summed E-state index contributed by atoms with van der Waals surface area (Å²) in [5, 5.41) is 3.36. The molecule has 0 saturated carbocycles. The average molecular weight is 254 g/mol. The van der Waals surface area contributed by atoms with E-state index in [-0.39, 0.29) is 5.91 Å². The first kappa shape index (κ1) is 15.5. The summed E-state index contributed by atoms with van der Waals surface area (Å²) in [6.07, 6.45) is 10.2. The quantitative estimate of drug-likeness (QED) is 0.642. The van der Waals surface area contributed by atoms with Crippen LogP contribution in [0.4, 0.5) is 0 Å². The number of carbonyl (C=O) groups is 1. The van der Waals surface area contributed by atoms with Gasteiger partial charge in [0.25, 0.3) is 0 Å². The van der Waals surface area contributed by atoms with Gasteiger partial charge in [-0.1, -0.05) is 39.0 Å². The van der Waals surface area contributed by atoms with Crippen molar-refractivity contribution in [2.75, 3.05) is 19.6 Å². The first-order valence-corrected chi connectivity index (χ1v) is 7.75. The monoisotopic (exact) mass is 254 g/mol. The van der Waals surface area contributed by atoms with Gasteiger partial charge >= 0.3 is 0 Å². The summed E-state index contributed by atoms with van der Waals surface area (Å²) in [5.41, 5.74) is 0. The molecule has 3 nitrogen and oxygen atoms in total. The molecule has 1 saturated heterocycles. The number of hydrogen-bond acceptors (Lipinski definition) is 2. The van der Waals surface area contributed by atoms with Crippen molar-refractivity contribution in [2.45, 2.75) is 71.3 Å². The molecule has 0 aromatic heterocycles. The normalized spacial score (nSPS) is 17.1. The Hall–Kier alpha value is -0.570. The van der Waals surface area contributed by atoms with E-state index in [9.17, 15) is 4.79 Å². The highest BCUT2D eigenvalue weighted by Gasteiger charge is 2.17. The average Bonchev–Trinajstić information content (AvgIpc) is 2.89. The fourth-order valence-corrected chi connectivity index (χ4v) is 2.50. The number of unbranched alkanes of at least 4 members (excludes halogenated alkanes) is 4. The highest BCUT2D eigenvalue weighted by Crippen LogP contribution is 2.08. The molecule has 1 amide bonds. The van der Waals surface area contributed by atoms with Crippen molar-refractivity contribution in [3.05, 3.63) is 0 Å². The molecule has 0 aliphatic carbocycles.